The summed E-state index contributed by atoms with van der Waals surface area (Å²) in [4.78, 5) is 27.3. The molecule has 6 nitrogen and oxygen atoms in total. The normalized spacial score (nSPS) is 9.91. The maximum Gasteiger partial charge on any atom is 0.261 e. The van der Waals surface area contributed by atoms with Gasteiger partial charge in [-0.2, -0.15) is 0 Å². The number of ether oxygens (including phenoxy) is 1. The molecule has 0 aliphatic rings. The van der Waals surface area contributed by atoms with Crippen LogP contribution in [-0.2, 0) is 4.79 Å². The van der Waals surface area contributed by atoms with Gasteiger partial charge in [-0.15, -0.1) is 0 Å². The lowest BCUT2D eigenvalue weighted by Gasteiger charge is -2.10. The second-order valence-corrected chi connectivity index (χ2v) is 4.50. The number of nitrogens with zero attached hydrogens (tertiary/aromatic N) is 1. The average molecular weight is 299 g/mol. The van der Waals surface area contributed by atoms with E-state index in [9.17, 15) is 9.59 Å². The first-order valence-corrected chi connectivity index (χ1v) is 6.87. The summed E-state index contributed by atoms with van der Waals surface area (Å²) in [6.07, 6.45) is 1.57. The molecule has 2 aromatic rings. The van der Waals surface area contributed by atoms with Gasteiger partial charge in [-0.25, -0.2) is 4.98 Å². The van der Waals surface area contributed by atoms with Crippen molar-refractivity contribution >= 4 is 23.2 Å². The van der Waals surface area contributed by atoms with E-state index in [0.717, 1.165) is 0 Å². The van der Waals surface area contributed by atoms with Crippen molar-refractivity contribution in [3.63, 3.8) is 0 Å². The van der Waals surface area contributed by atoms with Gasteiger partial charge in [0.2, 0.25) is 11.8 Å². The van der Waals surface area contributed by atoms with Gasteiger partial charge in [-0.1, -0.05) is 0 Å². The van der Waals surface area contributed by atoms with E-state index in [4.69, 9.17) is 4.74 Å². The third-order valence-electron chi connectivity index (χ3n) is 2.76. The smallest absolute Gasteiger partial charge is 0.261 e. The van der Waals surface area contributed by atoms with E-state index in [-0.39, 0.29) is 11.8 Å². The predicted molar refractivity (Wildman–Crippen MR) is 84.1 cm³/mol. The Balaban J connectivity index is 2.10. The first-order chi connectivity index (χ1) is 10.6. The van der Waals surface area contributed by atoms with Crippen molar-refractivity contribution in [1.82, 2.24) is 4.98 Å². The zero-order chi connectivity index (χ0) is 15.9. The summed E-state index contributed by atoms with van der Waals surface area (Å²) in [7, 11) is 0. The van der Waals surface area contributed by atoms with E-state index in [1.165, 1.54) is 6.92 Å². The summed E-state index contributed by atoms with van der Waals surface area (Å²) in [5, 5.41) is 5.43. The molecule has 0 atom stereocenters. The van der Waals surface area contributed by atoms with Gasteiger partial charge in [0.05, 0.1) is 6.61 Å². The molecule has 6 heteroatoms. The number of benzene rings is 1. The fourth-order valence-corrected chi connectivity index (χ4v) is 1.85. The molecule has 2 amide bonds. The molecule has 2 rings (SSSR count). The molecule has 1 aromatic heterocycles. The fraction of sp³-hybridized carbons (Fsp3) is 0.188. The fourth-order valence-electron chi connectivity index (χ4n) is 1.85. The van der Waals surface area contributed by atoms with Crippen LogP contribution in [-0.4, -0.2) is 23.4 Å². The Hall–Kier alpha value is -2.89. The number of hydrogen-bond acceptors (Lipinski definition) is 4. The second-order valence-electron chi connectivity index (χ2n) is 4.50. The van der Waals surface area contributed by atoms with Crippen molar-refractivity contribution < 1.29 is 14.3 Å². The highest BCUT2D eigenvalue weighted by Gasteiger charge is 2.13. The topological polar surface area (TPSA) is 80.3 Å². The maximum atomic E-state index is 12.3. The number of carbonyl (C=O) groups excluding carboxylic acids is 2. The van der Waals surface area contributed by atoms with E-state index in [2.05, 4.69) is 15.6 Å². The van der Waals surface area contributed by atoms with Crippen LogP contribution in [0, 0.1) is 0 Å². The Morgan fingerprint density at radius 2 is 1.73 bits per heavy atom. The minimum Gasteiger partial charge on any atom is -0.477 e. The lowest BCUT2D eigenvalue weighted by Crippen LogP contribution is -2.14. The minimum absolute atomic E-state index is 0.145. The van der Waals surface area contributed by atoms with E-state index in [0.29, 0.717) is 29.4 Å². The second kappa shape index (κ2) is 7.21. The number of rotatable bonds is 5. The van der Waals surface area contributed by atoms with Crippen molar-refractivity contribution in [2.45, 2.75) is 13.8 Å². The SMILES string of the molecule is CCOc1ncccc1C(=O)Nc1ccc(NC(C)=O)cc1. The Morgan fingerprint density at radius 3 is 2.32 bits per heavy atom. The molecule has 0 saturated heterocycles. The van der Waals surface area contributed by atoms with Crippen LogP contribution in [0.15, 0.2) is 42.6 Å². The standard InChI is InChI=1S/C16H17N3O3/c1-3-22-16-14(5-4-10-17-16)15(21)19-13-8-6-12(7-9-13)18-11(2)20/h4-10H,3H2,1-2H3,(H,18,20)(H,19,21). The minimum atomic E-state index is -0.302. The van der Waals surface area contributed by atoms with Gasteiger partial charge >= 0.3 is 0 Å². The molecular weight excluding hydrogens is 282 g/mol. The van der Waals surface area contributed by atoms with Gasteiger partial charge in [0, 0.05) is 24.5 Å². The average Bonchev–Trinajstić information content (AvgIpc) is 2.49. The molecular formula is C16H17N3O3. The van der Waals surface area contributed by atoms with E-state index < -0.39 is 0 Å². The van der Waals surface area contributed by atoms with E-state index in [1.54, 1.807) is 42.6 Å². The van der Waals surface area contributed by atoms with Crippen LogP contribution in [0.5, 0.6) is 5.88 Å². The third-order valence-corrected chi connectivity index (χ3v) is 2.76. The molecule has 0 aliphatic heterocycles. The van der Waals surface area contributed by atoms with Crippen LogP contribution in [0.3, 0.4) is 0 Å². The molecule has 0 bridgehead atoms. The molecule has 0 unspecified atom stereocenters. The van der Waals surface area contributed by atoms with E-state index >= 15 is 0 Å². The highest BCUT2D eigenvalue weighted by atomic mass is 16.5. The lowest BCUT2D eigenvalue weighted by molar-refractivity contribution is -0.114. The number of aromatic nitrogens is 1. The number of anilines is 2. The molecule has 0 radical (unpaired) electrons. The molecule has 1 heterocycles. The van der Waals surface area contributed by atoms with Crippen molar-refractivity contribution in [3.8, 4) is 5.88 Å². The molecule has 1 aromatic carbocycles. The van der Waals surface area contributed by atoms with Gasteiger partial charge in [-0.3, -0.25) is 9.59 Å². The van der Waals surface area contributed by atoms with Crippen molar-refractivity contribution in [2.75, 3.05) is 17.2 Å². The number of amides is 2. The van der Waals surface area contributed by atoms with Gasteiger partial charge in [-0.05, 0) is 43.3 Å². The molecule has 114 valence electrons. The Labute approximate surface area is 128 Å². The van der Waals surface area contributed by atoms with Crippen LogP contribution >= 0.6 is 0 Å². The Bertz CT molecular complexity index is 669. The Kier molecular flexibility index (Phi) is 5.08. The van der Waals surface area contributed by atoms with Gasteiger partial charge in [0.1, 0.15) is 5.56 Å². The Morgan fingerprint density at radius 1 is 1.09 bits per heavy atom. The van der Waals surface area contributed by atoms with Crippen LogP contribution in [0.4, 0.5) is 11.4 Å². The third kappa shape index (κ3) is 4.05. The van der Waals surface area contributed by atoms with Crippen LogP contribution in [0.1, 0.15) is 24.2 Å². The summed E-state index contributed by atoms with van der Waals surface area (Å²) < 4.78 is 5.34. The number of hydrogen-bond donors (Lipinski definition) is 2. The number of carbonyl (C=O) groups is 2. The first kappa shape index (κ1) is 15.5. The van der Waals surface area contributed by atoms with Crippen LogP contribution in [0.2, 0.25) is 0 Å². The monoisotopic (exact) mass is 299 g/mol. The summed E-state index contributed by atoms with van der Waals surface area (Å²) in [6, 6.07) is 10.2. The van der Waals surface area contributed by atoms with Gasteiger partial charge in [0.25, 0.3) is 5.91 Å². The molecule has 22 heavy (non-hydrogen) atoms. The number of nitrogens with one attached hydrogen (secondary N) is 2. The highest BCUT2D eigenvalue weighted by Crippen LogP contribution is 2.18. The van der Waals surface area contributed by atoms with Crippen LogP contribution < -0.4 is 15.4 Å². The van der Waals surface area contributed by atoms with Crippen molar-refractivity contribution in [3.05, 3.63) is 48.2 Å². The predicted octanol–water partition coefficient (Wildman–Crippen LogP) is 2.69. The first-order valence-electron chi connectivity index (χ1n) is 6.87. The maximum absolute atomic E-state index is 12.3. The van der Waals surface area contributed by atoms with Gasteiger partial charge < -0.3 is 15.4 Å². The molecule has 0 saturated carbocycles. The largest absolute Gasteiger partial charge is 0.477 e. The molecule has 0 spiro atoms. The highest BCUT2D eigenvalue weighted by molar-refractivity contribution is 6.05. The summed E-state index contributed by atoms with van der Waals surface area (Å²) in [5.74, 6) is -0.144. The van der Waals surface area contributed by atoms with Gasteiger partial charge in [0.15, 0.2) is 0 Å². The van der Waals surface area contributed by atoms with Crippen LogP contribution in [0.25, 0.3) is 0 Å². The molecule has 2 N–H and O–H groups in total. The summed E-state index contributed by atoms with van der Waals surface area (Å²) in [6.45, 7) is 3.70. The number of pyridine rings is 1. The molecule has 0 aliphatic carbocycles. The summed E-state index contributed by atoms with van der Waals surface area (Å²) in [5.41, 5.74) is 1.66. The van der Waals surface area contributed by atoms with Crippen molar-refractivity contribution in [1.29, 1.82) is 0 Å². The van der Waals surface area contributed by atoms with E-state index in [1.807, 2.05) is 6.92 Å². The zero-order valence-corrected chi connectivity index (χ0v) is 12.4. The summed E-state index contributed by atoms with van der Waals surface area (Å²) >= 11 is 0. The lowest BCUT2D eigenvalue weighted by atomic mass is 10.2. The van der Waals surface area contributed by atoms with Crippen molar-refractivity contribution in [2.24, 2.45) is 0 Å². The molecule has 0 fully saturated rings. The quantitative estimate of drug-likeness (QED) is 0.889. The zero-order valence-electron chi connectivity index (χ0n) is 12.4.